The number of benzene rings is 1. The number of urea groups is 1. The van der Waals surface area contributed by atoms with Crippen molar-refractivity contribution in [2.24, 2.45) is 5.92 Å². The molecule has 1 fully saturated rings. The normalized spacial score (nSPS) is 23.0. The molecule has 0 radical (unpaired) electrons. The number of nitrogens with one attached hydrogen (secondary N) is 2. The summed E-state index contributed by atoms with van der Waals surface area (Å²) in [5.41, 5.74) is 3.39. The van der Waals surface area contributed by atoms with Gasteiger partial charge in [-0.15, -0.1) is 0 Å². The molecule has 3 N–H and O–H groups in total. The Kier molecular flexibility index (Phi) is 5.61. The number of rotatable bonds is 5. The molecule has 1 aliphatic heterocycles. The summed E-state index contributed by atoms with van der Waals surface area (Å²) in [5, 5.41) is 15.8. The molecule has 1 aliphatic carbocycles. The molecule has 2 atom stereocenters. The summed E-state index contributed by atoms with van der Waals surface area (Å²) >= 11 is 0. The van der Waals surface area contributed by atoms with E-state index in [0.29, 0.717) is 12.5 Å². The van der Waals surface area contributed by atoms with Crippen molar-refractivity contribution < 1.29 is 9.90 Å². The van der Waals surface area contributed by atoms with E-state index in [0.717, 1.165) is 50.8 Å². The Bertz CT molecular complexity index is 576. The molecule has 1 aromatic rings. The number of aliphatic hydroxyl groups is 1. The molecule has 132 valence electrons. The first-order valence-corrected chi connectivity index (χ1v) is 9.20. The van der Waals surface area contributed by atoms with Crippen molar-refractivity contribution in [2.75, 3.05) is 30.4 Å². The van der Waals surface area contributed by atoms with Crippen LogP contribution in [0.1, 0.15) is 44.1 Å². The van der Waals surface area contributed by atoms with Gasteiger partial charge in [-0.25, -0.2) is 4.79 Å². The first-order valence-electron chi connectivity index (χ1n) is 9.20. The number of likely N-dealkylation sites (N-methyl/N-ethyl adjacent to an activating group) is 1. The summed E-state index contributed by atoms with van der Waals surface area (Å²) in [5.74, 6) is 0.413. The quantitative estimate of drug-likeness (QED) is 0.726. The van der Waals surface area contributed by atoms with Gasteiger partial charge < -0.3 is 20.6 Å². The van der Waals surface area contributed by atoms with Gasteiger partial charge in [0.05, 0.1) is 6.10 Å². The number of hydrogen-bond donors (Lipinski definition) is 3. The fourth-order valence-corrected chi connectivity index (χ4v) is 3.88. The molecule has 2 amide bonds. The van der Waals surface area contributed by atoms with Crippen LogP contribution in [0.2, 0.25) is 0 Å². The second kappa shape index (κ2) is 7.88. The van der Waals surface area contributed by atoms with Gasteiger partial charge >= 0.3 is 6.03 Å². The molecule has 2 unspecified atom stereocenters. The molecule has 3 rings (SSSR count). The molecule has 0 bridgehead atoms. The highest BCUT2D eigenvalue weighted by atomic mass is 16.3. The average Bonchev–Trinajstić information content (AvgIpc) is 2.94. The van der Waals surface area contributed by atoms with Crippen LogP contribution in [-0.2, 0) is 6.42 Å². The summed E-state index contributed by atoms with van der Waals surface area (Å²) in [4.78, 5) is 14.2. The highest BCUT2D eigenvalue weighted by molar-refractivity contribution is 5.90. The van der Waals surface area contributed by atoms with Crippen LogP contribution in [-0.4, -0.2) is 37.4 Å². The SMILES string of the molecule is CN1CCc2ccc(NC(=O)NCCCC3CCCCC3O)cc21. The Balaban J connectivity index is 1.39. The Hall–Kier alpha value is -1.75. The molecule has 1 heterocycles. The largest absolute Gasteiger partial charge is 0.393 e. The minimum absolute atomic E-state index is 0.143. The van der Waals surface area contributed by atoms with Gasteiger partial charge in [-0.05, 0) is 55.7 Å². The number of hydrogen-bond acceptors (Lipinski definition) is 3. The zero-order chi connectivity index (χ0) is 16.9. The van der Waals surface area contributed by atoms with E-state index >= 15 is 0 Å². The van der Waals surface area contributed by atoms with Crippen LogP contribution >= 0.6 is 0 Å². The van der Waals surface area contributed by atoms with E-state index in [9.17, 15) is 9.90 Å². The topological polar surface area (TPSA) is 64.6 Å². The van der Waals surface area contributed by atoms with Crippen molar-refractivity contribution in [1.82, 2.24) is 5.32 Å². The van der Waals surface area contributed by atoms with Crippen molar-refractivity contribution in [3.05, 3.63) is 23.8 Å². The van der Waals surface area contributed by atoms with Crippen LogP contribution in [0.5, 0.6) is 0 Å². The zero-order valence-corrected chi connectivity index (χ0v) is 14.6. The standard InChI is InChI=1S/C19H29N3O2/c1-22-12-10-14-8-9-16(13-17(14)22)21-19(24)20-11-4-6-15-5-2-3-7-18(15)23/h8-9,13,15,18,23H,2-7,10-12H2,1H3,(H2,20,21,24). The van der Waals surface area contributed by atoms with Crippen molar-refractivity contribution in [3.63, 3.8) is 0 Å². The van der Waals surface area contributed by atoms with Crippen LogP contribution in [0.15, 0.2) is 18.2 Å². The Labute approximate surface area is 144 Å². The van der Waals surface area contributed by atoms with Crippen LogP contribution in [0.4, 0.5) is 16.2 Å². The zero-order valence-electron chi connectivity index (χ0n) is 14.6. The number of amides is 2. The maximum atomic E-state index is 12.0. The molecule has 0 aromatic heterocycles. The first kappa shape index (κ1) is 17.1. The van der Waals surface area contributed by atoms with Crippen molar-refractivity contribution in [1.29, 1.82) is 0 Å². The molecular formula is C19H29N3O2. The average molecular weight is 331 g/mol. The second-order valence-corrected chi connectivity index (χ2v) is 7.15. The molecule has 24 heavy (non-hydrogen) atoms. The lowest BCUT2D eigenvalue weighted by Crippen LogP contribution is -2.31. The second-order valence-electron chi connectivity index (χ2n) is 7.15. The van der Waals surface area contributed by atoms with Gasteiger partial charge in [-0.2, -0.15) is 0 Å². The minimum atomic E-state index is -0.153. The van der Waals surface area contributed by atoms with Gasteiger partial charge in [0, 0.05) is 31.5 Å². The number of carbonyl (C=O) groups is 1. The third-order valence-electron chi connectivity index (χ3n) is 5.38. The maximum Gasteiger partial charge on any atom is 0.319 e. The Morgan fingerprint density at radius 3 is 3.00 bits per heavy atom. The fraction of sp³-hybridized carbons (Fsp3) is 0.632. The highest BCUT2D eigenvalue weighted by Gasteiger charge is 2.22. The number of carbonyl (C=O) groups excluding carboxylic acids is 1. The van der Waals surface area contributed by atoms with Crippen LogP contribution in [0.25, 0.3) is 0 Å². The van der Waals surface area contributed by atoms with E-state index in [1.165, 1.54) is 17.7 Å². The number of nitrogens with zero attached hydrogens (tertiary/aromatic N) is 1. The van der Waals surface area contributed by atoms with Gasteiger partial charge in [0.1, 0.15) is 0 Å². The number of fused-ring (bicyclic) bond motifs is 1. The molecule has 1 aromatic carbocycles. The lowest BCUT2D eigenvalue weighted by molar-refractivity contribution is 0.0644. The first-order chi connectivity index (χ1) is 11.6. The smallest absolute Gasteiger partial charge is 0.319 e. The summed E-state index contributed by atoms with van der Waals surface area (Å²) < 4.78 is 0. The molecule has 0 spiro atoms. The fourth-order valence-electron chi connectivity index (χ4n) is 3.88. The lowest BCUT2D eigenvalue weighted by Gasteiger charge is -2.27. The van der Waals surface area contributed by atoms with Gasteiger partial charge in [0.2, 0.25) is 0 Å². The van der Waals surface area contributed by atoms with E-state index in [1.807, 2.05) is 12.1 Å². The van der Waals surface area contributed by atoms with Gasteiger partial charge in [-0.3, -0.25) is 0 Å². The third kappa shape index (κ3) is 4.20. The number of anilines is 2. The predicted octanol–water partition coefficient (Wildman–Crippen LogP) is 3.13. The summed E-state index contributed by atoms with van der Waals surface area (Å²) in [6, 6.07) is 5.95. The minimum Gasteiger partial charge on any atom is -0.393 e. The lowest BCUT2D eigenvalue weighted by atomic mass is 9.83. The molecule has 2 aliphatic rings. The molecule has 1 saturated carbocycles. The van der Waals surface area contributed by atoms with Gasteiger partial charge in [0.15, 0.2) is 0 Å². The van der Waals surface area contributed by atoms with Gasteiger partial charge in [0.25, 0.3) is 0 Å². The molecule has 5 heteroatoms. The summed E-state index contributed by atoms with van der Waals surface area (Å²) in [7, 11) is 2.08. The van der Waals surface area contributed by atoms with E-state index in [-0.39, 0.29) is 12.1 Å². The van der Waals surface area contributed by atoms with E-state index in [4.69, 9.17) is 0 Å². The van der Waals surface area contributed by atoms with Crippen LogP contribution < -0.4 is 15.5 Å². The van der Waals surface area contributed by atoms with E-state index in [2.05, 4.69) is 28.6 Å². The van der Waals surface area contributed by atoms with Gasteiger partial charge in [-0.1, -0.05) is 18.9 Å². The summed E-state index contributed by atoms with van der Waals surface area (Å²) in [6.45, 7) is 1.69. The molecule has 0 saturated heterocycles. The molecule has 5 nitrogen and oxygen atoms in total. The Morgan fingerprint density at radius 2 is 2.17 bits per heavy atom. The maximum absolute atomic E-state index is 12.0. The third-order valence-corrected chi connectivity index (χ3v) is 5.38. The van der Waals surface area contributed by atoms with E-state index < -0.39 is 0 Å². The van der Waals surface area contributed by atoms with Crippen LogP contribution in [0, 0.1) is 5.92 Å². The molecular weight excluding hydrogens is 302 g/mol. The summed E-state index contributed by atoms with van der Waals surface area (Å²) in [6.07, 6.45) is 7.27. The van der Waals surface area contributed by atoms with Crippen LogP contribution in [0.3, 0.4) is 0 Å². The number of aliphatic hydroxyl groups excluding tert-OH is 1. The van der Waals surface area contributed by atoms with E-state index in [1.54, 1.807) is 0 Å². The van der Waals surface area contributed by atoms with Crippen molar-refractivity contribution >= 4 is 17.4 Å². The van der Waals surface area contributed by atoms with Crippen molar-refractivity contribution in [3.8, 4) is 0 Å². The van der Waals surface area contributed by atoms with Crippen molar-refractivity contribution in [2.45, 2.75) is 51.0 Å². The monoisotopic (exact) mass is 331 g/mol. The highest BCUT2D eigenvalue weighted by Crippen LogP contribution is 2.29. The Morgan fingerprint density at radius 1 is 1.33 bits per heavy atom. The predicted molar refractivity (Wildman–Crippen MR) is 97.6 cm³/mol.